The molecule has 0 saturated carbocycles. The molecule has 0 fully saturated rings. The molecule has 1 amide bonds. The predicted octanol–water partition coefficient (Wildman–Crippen LogP) is 5.28. The van der Waals surface area contributed by atoms with Gasteiger partial charge in [0.1, 0.15) is 17.3 Å². The Morgan fingerprint density at radius 3 is 2.54 bits per heavy atom. The van der Waals surface area contributed by atoms with Gasteiger partial charge in [-0.3, -0.25) is 4.79 Å². The average Bonchev–Trinajstić information content (AvgIpc) is 2.67. The molecule has 1 heterocycles. The maximum Gasteiger partial charge on any atom is 0.259 e. The number of carbonyl (C=O) groups excluding carboxylic acids is 1. The molecular weight excluding hydrogens is 350 g/mol. The quantitative estimate of drug-likeness (QED) is 0.615. The van der Waals surface area contributed by atoms with E-state index in [1.54, 1.807) is 18.2 Å². The van der Waals surface area contributed by atoms with Crippen molar-refractivity contribution in [2.75, 3.05) is 11.1 Å². The van der Waals surface area contributed by atoms with Crippen LogP contribution in [0.3, 0.4) is 0 Å². The highest BCUT2D eigenvalue weighted by atomic mass is 16.5. The van der Waals surface area contributed by atoms with Crippen LogP contribution in [0.25, 0.3) is 0 Å². The summed E-state index contributed by atoms with van der Waals surface area (Å²) in [5, 5.41) is 2.85. The van der Waals surface area contributed by atoms with E-state index in [9.17, 15) is 4.79 Å². The number of nitrogen functional groups attached to an aromatic ring is 1. The Morgan fingerprint density at radius 2 is 1.82 bits per heavy atom. The predicted molar refractivity (Wildman–Crippen MR) is 113 cm³/mol. The highest BCUT2D eigenvalue weighted by Crippen LogP contribution is 2.25. The van der Waals surface area contributed by atoms with Crippen molar-refractivity contribution in [3.05, 3.63) is 77.0 Å². The summed E-state index contributed by atoms with van der Waals surface area (Å²) in [5.74, 6) is 1.46. The lowest BCUT2D eigenvalue weighted by Gasteiger charge is -2.11. The number of hydrogen-bond acceptors (Lipinski definition) is 4. The first-order chi connectivity index (χ1) is 13.5. The Bertz CT molecular complexity index is 982. The minimum Gasteiger partial charge on any atom is -0.457 e. The number of anilines is 2. The van der Waals surface area contributed by atoms with Crippen LogP contribution in [0.4, 0.5) is 11.5 Å². The molecule has 3 N–H and O–H groups in total. The minimum absolute atomic E-state index is 0.229. The van der Waals surface area contributed by atoms with Gasteiger partial charge in [-0.05, 0) is 73.9 Å². The second-order valence-corrected chi connectivity index (χ2v) is 6.80. The summed E-state index contributed by atoms with van der Waals surface area (Å²) >= 11 is 0. The standard InChI is InChI=1S/C23H25N3O2/c1-4-6-17-7-5-8-20(14-17)28-19-11-9-18(10-12-19)26-23(27)21-13-15(2)16(3)25-22(21)24/h5,7-14H,4,6H2,1-3H3,(H2,24,25)(H,26,27). The van der Waals surface area contributed by atoms with Gasteiger partial charge in [-0.15, -0.1) is 0 Å². The number of rotatable bonds is 6. The summed E-state index contributed by atoms with van der Waals surface area (Å²) in [6.45, 7) is 5.92. The molecule has 5 heteroatoms. The molecule has 0 spiro atoms. The summed E-state index contributed by atoms with van der Waals surface area (Å²) in [4.78, 5) is 16.7. The van der Waals surface area contributed by atoms with Crippen molar-refractivity contribution in [2.45, 2.75) is 33.6 Å². The van der Waals surface area contributed by atoms with E-state index < -0.39 is 0 Å². The van der Waals surface area contributed by atoms with E-state index in [1.807, 2.05) is 38.1 Å². The van der Waals surface area contributed by atoms with Gasteiger partial charge in [-0.1, -0.05) is 25.5 Å². The minimum atomic E-state index is -0.283. The van der Waals surface area contributed by atoms with Crippen molar-refractivity contribution in [1.82, 2.24) is 4.98 Å². The molecule has 3 aromatic rings. The third kappa shape index (κ3) is 4.68. The van der Waals surface area contributed by atoms with Crippen molar-refractivity contribution >= 4 is 17.4 Å². The van der Waals surface area contributed by atoms with Gasteiger partial charge in [-0.25, -0.2) is 4.98 Å². The molecule has 0 aliphatic rings. The molecule has 0 saturated heterocycles. The molecule has 0 unspecified atom stereocenters. The van der Waals surface area contributed by atoms with E-state index in [-0.39, 0.29) is 11.7 Å². The average molecular weight is 375 g/mol. The monoisotopic (exact) mass is 375 g/mol. The first kappa shape index (κ1) is 19.4. The molecule has 28 heavy (non-hydrogen) atoms. The van der Waals surface area contributed by atoms with Crippen LogP contribution in [-0.2, 0) is 6.42 Å². The molecule has 3 rings (SSSR count). The molecule has 0 bridgehead atoms. The van der Waals surface area contributed by atoms with Gasteiger partial charge in [-0.2, -0.15) is 0 Å². The highest BCUT2D eigenvalue weighted by Gasteiger charge is 2.13. The maximum atomic E-state index is 12.5. The van der Waals surface area contributed by atoms with E-state index in [4.69, 9.17) is 10.5 Å². The van der Waals surface area contributed by atoms with Gasteiger partial charge < -0.3 is 15.8 Å². The second-order valence-electron chi connectivity index (χ2n) is 6.80. The smallest absolute Gasteiger partial charge is 0.259 e. The Balaban J connectivity index is 1.68. The van der Waals surface area contributed by atoms with Gasteiger partial charge in [0.2, 0.25) is 0 Å². The number of pyridine rings is 1. The Morgan fingerprint density at radius 1 is 1.07 bits per heavy atom. The molecule has 144 valence electrons. The lowest BCUT2D eigenvalue weighted by atomic mass is 10.1. The van der Waals surface area contributed by atoms with Crippen LogP contribution in [0, 0.1) is 13.8 Å². The number of nitrogens with one attached hydrogen (secondary N) is 1. The first-order valence-electron chi connectivity index (χ1n) is 9.38. The highest BCUT2D eigenvalue weighted by molar-refractivity contribution is 6.07. The van der Waals surface area contributed by atoms with Gasteiger partial charge >= 0.3 is 0 Å². The normalized spacial score (nSPS) is 10.5. The van der Waals surface area contributed by atoms with Gasteiger partial charge in [0.05, 0.1) is 5.56 Å². The van der Waals surface area contributed by atoms with Crippen LogP contribution in [0.5, 0.6) is 11.5 Å². The van der Waals surface area contributed by atoms with E-state index in [2.05, 4.69) is 29.4 Å². The lowest BCUT2D eigenvalue weighted by molar-refractivity contribution is 0.102. The largest absolute Gasteiger partial charge is 0.457 e. The number of aromatic nitrogens is 1. The molecular formula is C23H25N3O2. The summed E-state index contributed by atoms with van der Waals surface area (Å²) in [6.07, 6.45) is 2.12. The summed E-state index contributed by atoms with van der Waals surface area (Å²) in [5.41, 5.74) is 9.93. The molecule has 0 aliphatic carbocycles. The maximum absolute atomic E-state index is 12.5. The van der Waals surface area contributed by atoms with Crippen LogP contribution in [0.2, 0.25) is 0 Å². The van der Waals surface area contributed by atoms with E-state index in [0.29, 0.717) is 17.0 Å². The number of nitrogens with two attached hydrogens (primary N) is 1. The van der Waals surface area contributed by atoms with Gasteiger partial charge in [0.25, 0.3) is 5.91 Å². The SMILES string of the molecule is CCCc1cccc(Oc2ccc(NC(=O)c3cc(C)c(C)nc3N)cc2)c1. The zero-order valence-electron chi connectivity index (χ0n) is 16.5. The molecule has 1 aromatic heterocycles. The fraction of sp³-hybridized carbons (Fsp3) is 0.217. The fourth-order valence-electron chi connectivity index (χ4n) is 2.90. The number of ether oxygens (including phenoxy) is 1. The third-order valence-electron chi connectivity index (χ3n) is 4.53. The van der Waals surface area contributed by atoms with E-state index in [1.165, 1.54) is 5.56 Å². The topological polar surface area (TPSA) is 77.2 Å². The third-order valence-corrected chi connectivity index (χ3v) is 4.53. The Labute approximate surface area is 165 Å². The van der Waals surface area contributed by atoms with Crippen molar-refractivity contribution in [3.63, 3.8) is 0 Å². The van der Waals surface area contributed by atoms with Crippen molar-refractivity contribution in [2.24, 2.45) is 0 Å². The summed E-state index contributed by atoms with van der Waals surface area (Å²) in [6, 6.07) is 17.1. The van der Waals surface area contributed by atoms with Gasteiger partial charge in [0, 0.05) is 11.4 Å². The number of nitrogens with zero attached hydrogens (tertiary/aromatic N) is 1. The Hall–Kier alpha value is -3.34. The zero-order chi connectivity index (χ0) is 20.1. The second kappa shape index (κ2) is 8.57. The van der Waals surface area contributed by atoms with Crippen LogP contribution in [0.1, 0.15) is 40.5 Å². The molecule has 0 aliphatic heterocycles. The number of carbonyl (C=O) groups is 1. The summed E-state index contributed by atoms with van der Waals surface area (Å²) in [7, 11) is 0. The van der Waals surface area contributed by atoms with Crippen molar-refractivity contribution < 1.29 is 9.53 Å². The molecule has 2 aromatic carbocycles. The van der Waals surface area contributed by atoms with E-state index >= 15 is 0 Å². The number of aryl methyl sites for hydroxylation is 3. The molecule has 5 nitrogen and oxygen atoms in total. The fourth-order valence-corrected chi connectivity index (χ4v) is 2.90. The zero-order valence-corrected chi connectivity index (χ0v) is 16.5. The number of amides is 1. The van der Waals surface area contributed by atoms with Gasteiger partial charge in [0.15, 0.2) is 0 Å². The van der Waals surface area contributed by atoms with Crippen LogP contribution >= 0.6 is 0 Å². The first-order valence-corrected chi connectivity index (χ1v) is 9.38. The molecule has 0 atom stereocenters. The van der Waals surface area contributed by atoms with Crippen LogP contribution in [0.15, 0.2) is 54.6 Å². The number of hydrogen-bond donors (Lipinski definition) is 2. The lowest BCUT2D eigenvalue weighted by Crippen LogP contribution is -2.15. The Kier molecular flexibility index (Phi) is 5.94. The number of benzene rings is 2. The van der Waals surface area contributed by atoms with Crippen LogP contribution < -0.4 is 15.8 Å². The van der Waals surface area contributed by atoms with Crippen LogP contribution in [-0.4, -0.2) is 10.9 Å². The summed E-state index contributed by atoms with van der Waals surface area (Å²) < 4.78 is 5.92. The van der Waals surface area contributed by atoms with Crippen molar-refractivity contribution in [1.29, 1.82) is 0 Å². The van der Waals surface area contributed by atoms with Crippen molar-refractivity contribution in [3.8, 4) is 11.5 Å². The molecule has 0 radical (unpaired) electrons. The van der Waals surface area contributed by atoms with E-state index in [0.717, 1.165) is 29.8 Å².